The van der Waals surface area contributed by atoms with E-state index in [0.29, 0.717) is 23.1 Å². The second kappa shape index (κ2) is 12.6. The largest absolute Gasteiger partial charge is 0.434 e. The van der Waals surface area contributed by atoms with Crippen LogP contribution in [-0.4, -0.2) is 49.6 Å². The van der Waals surface area contributed by atoms with Crippen molar-refractivity contribution >= 4 is 47.4 Å². The molecule has 0 radical (unpaired) electrons. The number of carbonyl (C=O) groups excluding carboxylic acids is 1. The van der Waals surface area contributed by atoms with Gasteiger partial charge in [-0.05, 0) is 37.5 Å². The predicted octanol–water partition coefficient (Wildman–Crippen LogP) is 4.41. The topological polar surface area (TPSA) is 66.0 Å². The molecule has 1 unspecified atom stereocenters. The minimum absolute atomic E-state index is 0. The van der Waals surface area contributed by atoms with E-state index in [1.807, 2.05) is 4.90 Å². The monoisotopic (exact) mass is 570 g/mol. The van der Waals surface area contributed by atoms with Crippen LogP contribution in [0.3, 0.4) is 0 Å². The van der Waals surface area contributed by atoms with Gasteiger partial charge in [0.1, 0.15) is 5.75 Å². The lowest BCUT2D eigenvalue weighted by atomic mass is 9.88. The Morgan fingerprint density at radius 1 is 1.29 bits per heavy atom. The molecule has 1 aliphatic heterocycles. The number of amides is 1. The SMILES string of the molecule is CN=C(NCc1cc(Cl)ccc1OC(F)F)NC1CCN(C(=O)C2CCCCC2)C1.I. The number of nitrogens with zero attached hydrogens (tertiary/aromatic N) is 2. The molecule has 1 aliphatic carbocycles. The van der Waals surface area contributed by atoms with Gasteiger partial charge in [-0.2, -0.15) is 8.78 Å². The van der Waals surface area contributed by atoms with E-state index in [-0.39, 0.29) is 54.1 Å². The summed E-state index contributed by atoms with van der Waals surface area (Å²) in [6.45, 7) is -1.30. The zero-order valence-corrected chi connectivity index (χ0v) is 20.7. The van der Waals surface area contributed by atoms with Gasteiger partial charge >= 0.3 is 6.61 Å². The normalized spacial score (nSPS) is 19.8. The first-order chi connectivity index (χ1) is 14.5. The van der Waals surface area contributed by atoms with Crippen molar-refractivity contribution in [3.63, 3.8) is 0 Å². The van der Waals surface area contributed by atoms with Crippen LogP contribution in [0.25, 0.3) is 0 Å². The van der Waals surface area contributed by atoms with Crippen LogP contribution in [0, 0.1) is 5.92 Å². The lowest BCUT2D eigenvalue weighted by Crippen LogP contribution is -2.45. The van der Waals surface area contributed by atoms with E-state index in [1.165, 1.54) is 18.6 Å². The third-order valence-corrected chi connectivity index (χ3v) is 5.94. The zero-order chi connectivity index (χ0) is 21.5. The van der Waals surface area contributed by atoms with E-state index in [0.717, 1.165) is 38.6 Å². The standard InChI is InChI=1S/C21H29ClF2N4O2.HI/c1-25-21(26-12-15-11-16(22)7-8-18(15)30-20(23)24)27-17-9-10-28(13-17)19(29)14-5-3-2-4-6-14;/h7-8,11,14,17,20H,2-6,9-10,12-13H2,1H3,(H2,25,26,27);1H. The molecule has 0 spiro atoms. The third-order valence-electron chi connectivity index (χ3n) is 5.70. The number of carbonyl (C=O) groups is 1. The van der Waals surface area contributed by atoms with E-state index < -0.39 is 6.61 Å². The first kappa shape index (κ1) is 25.9. The van der Waals surface area contributed by atoms with Crippen molar-refractivity contribution in [1.29, 1.82) is 0 Å². The third kappa shape index (κ3) is 7.62. The minimum Gasteiger partial charge on any atom is -0.434 e. The van der Waals surface area contributed by atoms with E-state index in [4.69, 9.17) is 11.6 Å². The molecule has 2 aliphatic rings. The molecule has 1 aromatic rings. The first-order valence-corrected chi connectivity index (χ1v) is 10.8. The molecule has 10 heteroatoms. The Morgan fingerprint density at radius 2 is 2.03 bits per heavy atom. The lowest BCUT2D eigenvalue weighted by Gasteiger charge is -2.26. The highest BCUT2D eigenvalue weighted by atomic mass is 127. The van der Waals surface area contributed by atoms with Crippen LogP contribution in [0.5, 0.6) is 5.75 Å². The molecule has 3 rings (SSSR count). The molecular formula is C21H30ClF2IN4O2. The van der Waals surface area contributed by atoms with E-state index in [9.17, 15) is 13.6 Å². The number of guanidine groups is 1. The second-order valence-corrected chi connectivity index (χ2v) is 8.24. The predicted molar refractivity (Wildman–Crippen MR) is 128 cm³/mol. The maximum atomic E-state index is 12.7. The molecule has 1 heterocycles. The molecule has 6 nitrogen and oxygen atoms in total. The summed E-state index contributed by atoms with van der Waals surface area (Å²) < 4.78 is 29.8. The van der Waals surface area contributed by atoms with Crippen molar-refractivity contribution in [3.8, 4) is 5.75 Å². The summed E-state index contributed by atoms with van der Waals surface area (Å²) in [5.74, 6) is 1.05. The molecule has 1 aromatic carbocycles. The number of halogens is 4. The average Bonchev–Trinajstić information content (AvgIpc) is 3.21. The van der Waals surface area contributed by atoms with Gasteiger partial charge < -0.3 is 20.3 Å². The van der Waals surface area contributed by atoms with E-state index in [2.05, 4.69) is 20.4 Å². The van der Waals surface area contributed by atoms with Crippen molar-refractivity contribution in [2.24, 2.45) is 10.9 Å². The molecule has 31 heavy (non-hydrogen) atoms. The summed E-state index contributed by atoms with van der Waals surface area (Å²) in [5.41, 5.74) is 0.506. The average molecular weight is 571 g/mol. The second-order valence-electron chi connectivity index (χ2n) is 7.81. The van der Waals surface area contributed by atoms with E-state index >= 15 is 0 Å². The van der Waals surface area contributed by atoms with Crippen molar-refractivity contribution in [3.05, 3.63) is 28.8 Å². The van der Waals surface area contributed by atoms with Crippen molar-refractivity contribution in [2.75, 3.05) is 20.1 Å². The zero-order valence-electron chi connectivity index (χ0n) is 17.6. The van der Waals surface area contributed by atoms with Crippen LogP contribution in [0.4, 0.5) is 8.78 Å². The summed E-state index contributed by atoms with van der Waals surface area (Å²) in [6, 6.07) is 4.61. The van der Waals surface area contributed by atoms with Crippen LogP contribution in [0.1, 0.15) is 44.1 Å². The molecule has 1 amide bonds. The number of aliphatic imine (C=N–C) groups is 1. The van der Waals surface area contributed by atoms with Gasteiger partial charge in [-0.1, -0.05) is 30.9 Å². The fraction of sp³-hybridized carbons (Fsp3) is 0.619. The van der Waals surface area contributed by atoms with Crippen molar-refractivity contribution in [2.45, 2.75) is 57.7 Å². The van der Waals surface area contributed by atoms with Gasteiger partial charge in [0.05, 0.1) is 0 Å². The fourth-order valence-corrected chi connectivity index (χ4v) is 4.34. The van der Waals surface area contributed by atoms with Crippen LogP contribution >= 0.6 is 35.6 Å². The number of ether oxygens (including phenoxy) is 1. The molecule has 2 fully saturated rings. The Balaban J connectivity index is 0.00000341. The van der Waals surface area contributed by atoms with E-state index in [1.54, 1.807) is 13.1 Å². The van der Waals surface area contributed by atoms with Gasteiger partial charge in [0.2, 0.25) is 5.91 Å². The van der Waals surface area contributed by atoms with Crippen LogP contribution in [0.15, 0.2) is 23.2 Å². The highest BCUT2D eigenvalue weighted by Crippen LogP contribution is 2.27. The number of hydrogen-bond acceptors (Lipinski definition) is 3. The molecule has 0 bridgehead atoms. The Morgan fingerprint density at radius 3 is 2.71 bits per heavy atom. The summed E-state index contributed by atoms with van der Waals surface area (Å²) in [5, 5.41) is 6.87. The quantitative estimate of drug-likeness (QED) is 0.302. The highest BCUT2D eigenvalue weighted by Gasteiger charge is 2.31. The molecule has 2 N–H and O–H groups in total. The Hall–Kier alpha value is -1.36. The summed E-state index contributed by atoms with van der Waals surface area (Å²) in [6.07, 6.45) is 6.35. The maximum absolute atomic E-state index is 12.7. The Labute approximate surface area is 204 Å². The summed E-state index contributed by atoms with van der Waals surface area (Å²) in [7, 11) is 1.64. The smallest absolute Gasteiger partial charge is 0.387 e. The first-order valence-electron chi connectivity index (χ1n) is 10.5. The minimum atomic E-state index is -2.91. The van der Waals surface area contributed by atoms with Crippen LogP contribution in [-0.2, 0) is 11.3 Å². The molecule has 174 valence electrons. The number of alkyl halides is 2. The number of nitrogens with one attached hydrogen (secondary N) is 2. The van der Waals surface area contributed by atoms with Gasteiger partial charge in [0, 0.05) is 49.2 Å². The van der Waals surface area contributed by atoms with Crippen molar-refractivity contribution < 1.29 is 18.3 Å². The lowest BCUT2D eigenvalue weighted by molar-refractivity contribution is -0.135. The summed E-state index contributed by atoms with van der Waals surface area (Å²) in [4.78, 5) is 18.9. The van der Waals surface area contributed by atoms with Crippen LogP contribution in [0.2, 0.25) is 5.02 Å². The number of likely N-dealkylation sites (tertiary alicyclic amines) is 1. The summed E-state index contributed by atoms with van der Waals surface area (Å²) >= 11 is 6.00. The number of benzene rings is 1. The van der Waals surface area contributed by atoms with Gasteiger partial charge in [-0.3, -0.25) is 9.79 Å². The molecule has 1 saturated carbocycles. The number of rotatable bonds is 6. The molecule has 1 saturated heterocycles. The Bertz CT molecular complexity index is 763. The number of hydrogen-bond donors (Lipinski definition) is 2. The van der Waals surface area contributed by atoms with Crippen LogP contribution < -0.4 is 15.4 Å². The van der Waals surface area contributed by atoms with Gasteiger partial charge in [0.15, 0.2) is 5.96 Å². The van der Waals surface area contributed by atoms with Gasteiger partial charge in [-0.25, -0.2) is 0 Å². The van der Waals surface area contributed by atoms with Gasteiger partial charge in [0.25, 0.3) is 0 Å². The maximum Gasteiger partial charge on any atom is 0.387 e. The fourth-order valence-electron chi connectivity index (χ4n) is 4.15. The van der Waals surface area contributed by atoms with Gasteiger partial charge in [-0.15, -0.1) is 24.0 Å². The van der Waals surface area contributed by atoms with Crippen molar-refractivity contribution in [1.82, 2.24) is 15.5 Å². The Kier molecular flexibility index (Phi) is 10.5. The molecule has 0 aromatic heterocycles. The molecular weight excluding hydrogens is 541 g/mol. The molecule has 1 atom stereocenters. The highest BCUT2D eigenvalue weighted by molar-refractivity contribution is 14.0.